The monoisotopic (exact) mass is 439 g/mol. The molecule has 7 nitrogen and oxygen atoms in total. The van der Waals surface area contributed by atoms with E-state index in [1.54, 1.807) is 23.1 Å². The number of hydrogen-bond donors (Lipinski definition) is 1. The highest BCUT2D eigenvalue weighted by atomic mass is 35.5. The number of carbonyl (C=O) groups excluding carboxylic acids is 2. The van der Waals surface area contributed by atoms with Crippen molar-refractivity contribution in [1.82, 2.24) is 14.5 Å². The second-order valence-electron chi connectivity index (χ2n) is 7.47. The molecule has 2 heterocycles. The Balaban J connectivity index is 1.59. The number of halogens is 2. The van der Waals surface area contributed by atoms with E-state index in [4.69, 9.17) is 23.2 Å². The number of rotatable bonds is 7. The number of carbonyl (C=O) groups is 2. The van der Waals surface area contributed by atoms with Crippen LogP contribution in [0.5, 0.6) is 0 Å². The molecule has 1 aromatic carbocycles. The fraction of sp³-hybridized carbons (Fsp3) is 0.500. The number of fused-ring (bicyclic) bond motifs is 1. The average molecular weight is 440 g/mol. The summed E-state index contributed by atoms with van der Waals surface area (Å²) in [6.45, 7) is 0.929. The molecule has 0 unspecified atom stereocenters. The minimum Gasteiger partial charge on any atom is -0.388 e. The van der Waals surface area contributed by atoms with Gasteiger partial charge in [0.1, 0.15) is 5.78 Å². The summed E-state index contributed by atoms with van der Waals surface area (Å²) in [4.78, 5) is 42.2. The Labute approximate surface area is 178 Å². The fourth-order valence-electron chi connectivity index (χ4n) is 3.55. The van der Waals surface area contributed by atoms with E-state index in [1.165, 1.54) is 10.9 Å². The van der Waals surface area contributed by atoms with Gasteiger partial charge in [0.05, 0.1) is 35.3 Å². The van der Waals surface area contributed by atoms with Gasteiger partial charge < -0.3 is 10.0 Å². The number of amides is 1. The van der Waals surface area contributed by atoms with Crippen LogP contribution in [0.2, 0.25) is 5.02 Å². The number of benzene rings is 1. The van der Waals surface area contributed by atoms with Crippen LogP contribution < -0.4 is 5.56 Å². The first-order valence-corrected chi connectivity index (χ1v) is 10.4. The van der Waals surface area contributed by atoms with Crippen LogP contribution in [-0.4, -0.2) is 55.8 Å². The zero-order valence-electron chi connectivity index (χ0n) is 15.9. The molecule has 0 atom stereocenters. The molecule has 1 aliphatic rings. The van der Waals surface area contributed by atoms with Crippen molar-refractivity contribution in [3.63, 3.8) is 0 Å². The second kappa shape index (κ2) is 9.24. The highest BCUT2D eigenvalue weighted by molar-refractivity contribution is 6.31. The van der Waals surface area contributed by atoms with E-state index in [0.717, 1.165) is 0 Å². The van der Waals surface area contributed by atoms with Crippen LogP contribution in [0, 0.1) is 0 Å². The van der Waals surface area contributed by atoms with Crippen LogP contribution in [0.25, 0.3) is 10.9 Å². The summed E-state index contributed by atoms with van der Waals surface area (Å²) in [5.41, 5.74) is -0.807. The van der Waals surface area contributed by atoms with Gasteiger partial charge in [0.2, 0.25) is 5.91 Å². The van der Waals surface area contributed by atoms with Crippen LogP contribution in [-0.2, 0) is 16.1 Å². The molecule has 1 saturated heterocycles. The maximum Gasteiger partial charge on any atom is 0.261 e. The van der Waals surface area contributed by atoms with Gasteiger partial charge in [-0.2, -0.15) is 0 Å². The Kier molecular flexibility index (Phi) is 6.93. The topological polar surface area (TPSA) is 92.5 Å². The largest absolute Gasteiger partial charge is 0.388 e. The van der Waals surface area contributed by atoms with Crippen LogP contribution >= 0.6 is 23.2 Å². The van der Waals surface area contributed by atoms with Gasteiger partial charge in [-0.1, -0.05) is 11.6 Å². The summed E-state index contributed by atoms with van der Waals surface area (Å²) < 4.78 is 1.41. The number of ketones is 1. The van der Waals surface area contributed by atoms with Crippen LogP contribution in [0.15, 0.2) is 29.3 Å². The van der Waals surface area contributed by atoms with E-state index in [-0.39, 0.29) is 36.1 Å². The first kappa shape index (κ1) is 21.7. The summed E-state index contributed by atoms with van der Waals surface area (Å²) in [6, 6.07) is 4.89. The van der Waals surface area contributed by atoms with Gasteiger partial charge in [0, 0.05) is 31.0 Å². The van der Waals surface area contributed by atoms with Crippen molar-refractivity contribution in [2.45, 2.75) is 44.2 Å². The number of Topliss-reactive ketones (excluding diaryl/α,β-unsaturated/α-hetero) is 1. The second-order valence-corrected chi connectivity index (χ2v) is 8.17. The highest BCUT2D eigenvalue weighted by Crippen LogP contribution is 2.25. The lowest BCUT2D eigenvalue weighted by atomic mass is 9.91. The van der Waals surface area contributed by atoms with Crippen molar-refractivity contribution < 1.29 is 14.7 Å². The smallest absolute Gasteiger partial charge is 0.261 e. The molecule has 1 amide bonds. The molecule has 156 valence electrons. The quantitative estimate of drug-likeness (QED) is 0.668. The molecule has 2 aromatic rings. The molecular formula is C20H23Cl2N3O4. The van der Waals surface area contributed by atoms with Gasteiger partial charge in [-0.3, -0.25) is 19.0 Å². The van der Waals surface area contributed by atoms with Crippen molar-refractivity contribution in [2.75, 3.05) is 19.0 Å². The molecule has 1 fully saturated rings. The number of alkyl halides is 1. The van der Waals surface area contributed by atoms with Gasteiger partial charge >= 0.3 is 0 Å². The minimum atomic E-state index is -1.09. The maximum absolute atomic E-state index is 12.7. The van der Waals surface area contributed by atoms with E-state index in [0.29, 0.717) is 54.7 Å². The Morgan fingerprint density at radius 3 is 2.62 bits per heavy atom. The van der Waals surface area contributed by atoms with E-state index >= 15 is 0 Å². The fourth-order valence-corrected chi connectivity index (χ4v) is 3.85. The summed E-state index contributed by atoms with van der Waals surface area (Å²) in [5, 5.41) is 11.9. The summed E-state index contributed by atoms with van der Waals surface area (Å²) in [6.07, 6.45) is 3.22. The number of likely N-dealkylation sites (tertiary alicyclic amines) is 1. The predicted octanol–water partition coefficient (Wildman–Crippen LogP) is 2.38. The van der Waals surface area contributed by atoms with Crippen molar-refractivity contribution in [3.05, 3.63) is 39.9 Å². The third kappa shape index (κ3) is 5.35. The van der Waals surface area contributed by atoms with Crippen LogP contribution in [0.3, 0.4) is 0 Å². The SMILES string of the molecule is O=C(CCl)CCCC(=O)N1CCC(O)(Cn2cnc3cc(Cl)ccc3c2=O)CC1. The lowest BCUT2D eigenvalue weighted by molar-refractivity contribution is -0.136. The molecule has 0 radical (unpaired) electrons. The van der Waals surface area contributed by atoms with Gasteiger partial charge in [0.25, 0.3) is 5.56 Å². The zero-order chi connectivity index (χ0) is 21.0. The van der Waals surface area contributed by atoms with Crippen LogP contribution in [0.1, 0.15) is 32.1 Å². The third-order valence-electron chi connectivity index (χ3n) is 5.29. The standard InChI is InChI=1S/C20H23Cl2N3O4/c21-11-15(26)2-1-3-18(27)24-8-6-20(29,7-9-24)12-25-13-23-17-10-14(22)4-5-16(17)19(25)28/h4-5,10,13,29H,1-3,6-9,11-12H2. The lowest BCUT2D eigenvalue weighted by Gasteiger charge is -2.38. The van der Waals surface area contributed by atoms with Crippen molar-refractivity contribution >= 4 is 45.8 Å². The van der Waals surface area contributed by atoms with Crippen molar-refractivity contribution in [3.8, 4) is 0 Å². The van der Waals surface area contributed by atoms with E-state index in [2.05, 4.69) is 4.98 Å². The van der Waals surface area contributed by atoms with E-state index in [1.807, 2.05) is 0 Å². The van der Waals surface area contributed by atoms with Gasteiger partial charge in [0.15, 0.2) is 0 Å². The number of hydrogen-bond acceptors (Lipinski definition) is 5. The van der Waals surface area contributed by atoms with Gasteiger partial charge in [-0.05, 0) is 37.5 Å². The van der Waals surface area contributed by atoms with Crippen molar-refractivity contribution in [2.24, 2.45) is 0 Å². The molecular weight excluding hydrogens is 417 g/mol. The molecule has 1 aromatic heterocycles. The molecule has 1 aliphatic heterocycles. The van der Waals surface area contributed by atoms with Crippen LogP contribution in [0.4, 0.5) is 0 Å². The third-order valence-corrected chi connectivity index (χ3v) is 5.83. The van der Waals surface area contributed by atoms with E-state index in [9.17, 15) is 19.5 Å². The van der Waals surface area contributed by atoms with E-state index < -0.39 is 5.60 Å². The minimum absolute atomic E-state index is 0.0268. The zero-order valence-corrected chi connectivity index (χ0v) is 17.5. The molecule has 0 saturated carbocycles. The molecule has 1 N–H and O–H groups in total. The maximum atomic E-state index is 12.7. The molecule has 9 heteroatoms. The Morgan fingerprint density at radius 2 is 1.93 bits per heavy atom. The van der Waals surface area contributed by atoms with Gasteiger partial charge in [-0.15, -0.1) is 11.6 Å². The first-order chi connectivity index (χ1) is 13.8. The van der Waals surface area contributed by atoms with Crippen molar-refractivity contribution in [1.29, 1.82) is 0 Å². The summed E-state index contributed by atoms with van der Waals surface area (Å²) in [7, 11) is 0. The number of nitrogens with zero attached hydrogens (tertiary/aromatic N) is 3. The molecule has 0 spiro atoms. The Morgan fingerprint density at radius 1 is 1.21 bits per heavy atom. The molecule has 0 bridgehead atoms. The Bertz CT molecular complexity index is 968. The highest BCUT2D eigenvalue weighted by Gasteiger charge is 2.34. The summed E-state index contributed by atoms with van der Waals surface area (Å²) in [5.74, 6) is -0.124. The summed E-state index contributed by atoms with van der Waals surface area (Å²) >= 11 is 11.4. The molecule has 29 heavy (non-hydrogen) atoms. The normalized spacial score (nSPS) is 16.2. The Hall–Kier alpha value is -1.96. The number of aliphatic hydroxyl groups is 1. The average Bonchev–Trinajstić information content (AvgIpc) is 2.70. The first-order valence-electron chi connectivity index (χ1n) is 9.54. The number of piperidine rings is 1. The molecule has 3 rings (SSSR count). The van der Waals surface area contributed by atoms with Gasteiger partial charge in [-0.25, -0.2) is 4.98 Å². The molecule has 0 aliphatic carbocycles. The number of aromatic nitrogens is 2. The predicted molar refractivity (Wildman–Crippen MR) is 111 cm³/mol. The lowest BCUT2D eigenvalue weighted by Crippen LogP contribution is -2.49.